The highest BCUT2D eigenvalue weighted by molar-refractivity contribution is 6.11. The monoisotopic (exact) mass is 423 g/mol. The Kier molecular flexibility index (Phi) is 5.90. The molecule has 9 nitrogen and oxygen atoms in total. The lowest BCUT2D eigenvalue weighted by Gasteiger charge is -2.28. The molecule has 0 saturated carbocycles. The van der Waals surface area contributed by atoms with E-state index < -0.39 is 5.60 Å². The summed E-state index contributed by atoms with van der Waals surface area (Å²) in [5.41, 5.74) is 12.9. The molecule has 0 unspecified atom stereocenters. The van der Waals surface area contributed by atoms with E-state index in [0.29, 0.717) is 30.2 Å². The standard InChI is InChI=1S/C22H30N8O/c1-22(2,31)14-30-13-15(11-27-30)19-10-16(17(23)12-26-19)21(24)18-4-3-5-20(28-18)29-8-6-25-7-9-29/h3-5,10,12-13,24-25,27,31H,6-9,11,14,23H2,1-2H3/p+1. The molecular formula is C22H31N8O+. The second-order valence-corrected chi connectivity index (χ2v) is 8.62. The molecule has 0 aliphatic carbocycles. The third-order valence-electron chi connectivity index (χ3n) is 5.35. The van der Waals surface area contributed by atoms with Crippen molar-refractivity contribution in [2.75, 3.05) is 49.9 Å². The van der Waals surface area contributed by atoms with Gasteiger partial charge in [0.15, 0.2) is 0 Å². The van der Waals surface area contributed by atoms with Crippen molar-refractivity contribution < 1.29 is 10.5 Å². The topological polar surface area (TPSA) is 128 Å². The van der Waals surface area contributed by atoms with Gasteiger partial charge in [0.2, 0.25) is 5.71 Å². The van der Waals surface area contributed by atoms with E-state index in [1.54, 1.807) is 20.0 Å². The van der Waals surface area contributed by atoms with Gasteiger partial charge in [-0.1, -0.05) is 6.07 Å². The number of aromatic nitrogens is 2. The Hall–Kier alpha value is -3.01. The fourth-order valence-corrected chi connectivity index (χ4v) is 3.80. The molecule has 2 aliphatic rings. The minimum Gasteiger partial charge on any atom is -0.397 e. The molecule has 9 heteroatoms. The molecule has 164 valence electrons. The zero-order valence-electron chi connectivity index (χ0n) is 18.1. The highest BCUT2D eigenvalue weighted by Gasteiger charge is 2.23. The number of rotatable bonds is 6. The predicted octanol–water partition coefficient (Wildman–Crippen LogP) is -1.00. The Morgan fingerprint density at radius 3 is 2.81 bits per heavy atom. The maximum absolute atomic E-state index is 10.1. The third-order valence-corrected chi connectivity index (χ3v) is 5.35. The first kappa shape index (κ1) is 21.2. The molecule has 0 radical (unpaired) electrons. The zero-order chi connectivity index (χ0) is 22.0. The zero-order valence-corrected chi connectivity index (χ0v) is 18.1. The molecule has 0 spiro atoms. The lowest BCUT2D eigenvalue weighted by Crippen LogP contribution is -2.45. The summed E-state index contributed by atoms with van der Waals surface area (Å²) in [5.74, 6) is 0.916. The van der Waals surface area contributed by atoms with Crippen LogP contribution in [0, 0.1) is 0 Å². The van der Waals surface area contributed by atoms with Crippen molar-refractivity contribution in [3.05, 3.63) is 53.6 Å². The number of anilines is 2. The van der Waals surface area contributed by atoms with E-state index in [4.69, 9.17) is 16.1 Å². The van der Waals surface area contributed by atoms with Crippen LogP contribution in [0.15, 0.2) is 36.7 Å². The van der Waals surface area contributed by atoms with Crippen molar-refractivity contribution >= 4 is 22.8 Å². The van der Waals surface area contributed by atoms with Gasteiger partial charge in [0, 0.05) is 44.5 Å². The molecule has 2 aromatic heterocycles. The number of β-amino-alcohol motifs (C(OH)–C–C–N with tert-alkyl or cyclic N) is 1. The van der Waals surface area contributed by atoms with Gasteiger partial charge in [0.1, 0.15) is 11.5 Å². The average Bonchev–Trinajstić information content (AvgIpc) is 3.21. The van der Waals surface area contributed by atoms with Crippen LogP contribution in [0.5, 0.6) is 0 Å². The number of hydrogen-bond acceptors (Lipinski definition) is 8. The van der Waals surface area contributed by atoms with Crippen molar-refractivity contribution in [1.82, 2.24) is 25.7 Å². The fourth-order valence-electron chi connectivity index (χ4n) is 3.80. The first-order valence-electron chi connectivity index (χ1n) is 10.6. The molecule has 31 heavy (non-hydrogen) atoms. The van der Waals surface area contributed by atoms with Crippen LogP contribution in [0.3, 0.4) is 0 Å². The van der Waals surface area contributed by atoms with Crippen LogP contribution in [0.1, 0.15) is 30.8 Å². The van der Waals surface area contributed by atoms with E-state index in [9.17, 15) is 5.11 Å². The maximum atomic E-state index is 10.1. The van der Waals surface area contributed by atoms with Crippen molar-refractivity contribution in [2.45, 2.75) is 19.4 Å². The third kappa shape index (κ3) is 5.01. The van der Waals surface area contributed by atoms with Crippen molar-refractivity contribution in [2.24, 2.45) is 0 Å². The van der Waals surface area contributed by atoms with Crippen molar-refractivity contribution in [3.8, 4) is 0 Å². The first-order valence-corrected chi connectivity index (χ1v) is 10.6. The molecule has 1 fully saturated rings. The number of nitrogens with one attached hydrogen (secondary N) is 2. The number of nitrogen functional groups attached to an aromatic ring is 1. The molecule has 0 bridgehead atoms. The highest BCUT2D eigenvalue weighted by Crippen LogP contribution is 2.23. The Morgan fingerprint density at radius 1 is 1.29 bits per heavy atom. The largest absolute Gasteiger partial charge is 0.397 e. The minimum absolute atomic E-state index is 0.468. The van der Waals surface area contributed by atoms with Crippen LogP contribution in [-0.4, -0.2) is 70.7 Å². The van der Waals surface area contributed by atoms with Crippen LogP contribution in [0.25, 0.3) is 5.57 Å². The molecule has 4 rings (SSSR count). The van der Waals surface area contributed by atoms with Crippen LogP contribution in [0.2, 0.25) is 0 Å². The summed E-state index contributed by atoms with van der Waals surface area (Å²) in [4.78, 5) is 11.5. The summed E-state index contributed by atoms with van der Waals surface area (Å²) in [6.45, 7) is 8.35. The molecule has 2 aliphatic heterocycles. The number of hydrogen-bond donors (Lipinski definition) is 5. The van der Waals surface area contributed by atoms with Crippen molar-refractivity contribution in [3.63, 3.8) is 0 Å². The van der Waals surface area contributed by atoms with E-state index in [2.05, 4.69) is 20.6 Å². The van der Waals surface area contributed by atoms with Gasteiger partial charge in [0.25, 0.3) is 0 Å². The van der Waals surface area contributed by atoms with Gasteiger partial charge in [-0.2, -0.15) is 0 Å². The smallest absolute Gasteiger partial charge is 0.232 e. The second kappa shape index (κ2) is 8.62. The number of nitrogens with two attached hydrogens (primary N) is 2. The van der Waals surface area contributed by atoms with Crippen molar-refractivity contribution in [1.29, 1.82) is 0 Å². The van der Waals surface area contributed by atoms with Crippen LogP contribution < -0.4 is 26.8 Å². The predicted molar refractivity (Wildman–Crippen MR) is 122 cm³/mol. The van der Waals surface area contributed by atoms with Crippen LogP contribution in [-0.2, 0) is 0 Å². The SMILES string of the molecule is CC(C)(O)CN1C=C(c2cc(C(=[NH2+])c3cccc(N4CCNCC4)n3)c(N)cn2)CN1. The van der Waals surface area contributed by atoms with E-state index in [-0.39, 0.29) is 0 Å². The average molecular weight is 424 g/mol. The number of aliphatic hydroxyl groups is 1. The van der Waals surface area contributed by atoms with E-state index in [1.807, 2.05) is 35.5 Å². The van der Waals surface area contributed by atoms with E-state index >= 15 is 0 Å². The number of hydrazine groups is 1. The van der Waals surface area contributed by atoms with Gasteiger partial charge in [-0.15, -0.1) is 0 Å². The van der Waals surface area contributed by atoms with Gasteiger partial charge in [-0.25, -0.2) is 10.4 Å². The van der Waals surface area contributed by atoms with Gasteiger partial charge < -0.3 is 26.1 Å². The summed E-state index contributed by atoms with van der Waals surface area (Å²) in [6.07, 6.45) is 3.59. The van der Waals surface area contributed by atoms with Crippen LogP contribution >= 0.6 is 0 Å². The molecule has 2 aromatic rings. The Labute approximate surface area is 182 Å². The molecule has 0 amide bonds. The summed E-state index contributed by atoms with van der Waals surface area (Å²) >= 11 is 0. The van der Waals surface area contributed by atoms with Gasteiger partial charge >= 0.3 is 0 Å². The van der Waals surface area contributed by atoms with Gasteiger partial charge in [0.05, 0.1) is 35.3 Å². The maximum Gasteiger partial charge on any atom is 0.232 e. The summed E-state index contributed by atoms with van der Waals surface area (Å²) in [5, 5.41) is 21.8. The molecule has 7 N–H and O–H groups in total. The number of piperazine rings is 1. The summed E-state index contributed by atoms with van der Waals surface area (Å²) < 4.78 is 0. The summed E-state index contributed by atoms with van der Waals surface area (Å²) in [7, 11) is 0. The Bertz CT molecular complexity index is 991. The molecule has 0 atom stereocenters. The van der Waals surface area contributed by atoms with Gasteiger partial charge in [-0.3, -0.25) is 10.4 Å². The molecule has 1 saturated heterocycles. The Balaban J connectivity index is 1.58. The molecule has 4 heterocycles. The number of nitrogens with zero attached hydrogens (tertiary/aromatic N) is 4. The normalized spacial score (nSPS) is 17.1. The molecule has 0 aromatic carbocycles. The minimum atomic E-state index is -0.808. The second-order valence-electron chi connectivity index (χ2n) is 8.62. The summed E-state index contributed by atoms with van der Waals surface area (Å²) in [6, 6.07) is 7.80. The fraction of sp³-hybridized carbons (Fsp3) is 0.409. The first-order chi connectivity index (χ1) is 14.8. The Morgan fingerprint density at radius 2 is 2.06 bits per heavy atom. The lowest BCUT2D eigenvalue weighted by atomic mass is 10.0. The van der Waals surface area contributed by atoms with E-state index in [1.165, 1.54) is 0 Å². The quantitative estimate of drug-likeness (QED) is 0.374. The van der Waals surface area contributed by atoms with E-state index in [0.717, 1.165) is 48.8 Å². The lowest BCUT2D eigenvalue weighted by molar-refractivity contribution is -0.111. The highest BCUT2D eigenvalue weighted by atomic mass is 16.3. The number of pyridine rings is 2. The van der Waals surface area contributed by atoms with Gasteiger partial charge in [-0.05, 0) is 32.0 Å². The van der Waals surface area contributed by atoms with Crippen LogP contribution in [0.4, 0.5) is 11.5 Å². The molecular weight excluding hydrogens is 392 g/mol.